The number of nitrogens with zero attached hydrogens (tertiary/aromatic N) is 3. The van der Waals surface area contributed by atoms with Gasteiger partial charge in [-0.25, -0.2) is 9.97 Å². The van der Waals surface area contributed by atoms with Gasteiger partial charge in [-0.3, -0.25) is 0 Å². The van der Waals surface area contributed by atoms with Crippen LogP contribution in [0.5, 0.6) is 5.75 Å². The molecule has 4 aromatic rings. The summed E-state index contributed by atoms with van der Waals surface area (Å²) in [6.07, 6.45) is 0. The molecule has 0 bridgehead atoms. The van der Waals surface area contributed by atoms with Crippen LogP contribution in [0.15, 0.2) is 48.5 Å². The second kappa shape index (κ2) is 5.53. The van der Waals surface area contributed by atoms with Gasteiger partial charge < -0.3 is 14.6 Å². The summed E-state index contributed by atoms with van der Waals surface area (Å²) in [6.45, 7) is 1.91. The molecule has 120 valence electrons. The average Bonchev–Trinajstić information content (AvgIpc) is 2.98. The van der Waals surface area contributed by atoms with Gasteiger partial charge in [-0.2, -0.15) is 0 Å². The second-order valence-corrected chi connectivity index (χ2v) is 5.75. The molecule has 0 fully saturated rings. The molecule has 0 amide bonds. The van der Waals surface area contributed by atoms with Crippen molar-refractivity contribution in [1.29, 1.82) is 0 Å². The first kappa shape index (κ1) is 14.5. The van der Waals surface area contributed by atoms with Crippen LogP contribution >= 0.6 is 0 Å². The van der Waals surface area contributed by atoms with E-state index in [2.05, 4.69) is 27.0 Å². The number of hydrogen-bond acceptors (Lipinski definition) is 4. The summed E-state index contributed by atoms with van der Waals surface area (Å²) < 4.78 is 5.24. The number of anilines is 2. The van der Waals surface area contributed by atoms with Gasteiger partial charge in [-0.05, 0) is 37.3 Å². The van der Waals surface area contributed by atoms with Crippen molar-refractivity contribution in [3.8, 4) is 5.75 Å². The summed E-state index contributed by atoms with van der Waals surface area (Å²) in [5, 5.41) is 2.16. The number of aryl methyl sites for hydroxylation is 1. The molecule has 0 aliphatic carbocycles. The normalized spacial score (nSPS) is 11.1. The Kier molecular flexibility index (Phi) is 3.34. The number of H-pyrrole nitrogens is 1. The molecule has 0 aliphatic heterocycles. The Hall–Kier alpha value is -3.08. The minimum Gasteiger partial charge on any atom is -0.497 e. The molecule has 0 unspecified atom stereocenters. The molecule has 5 heteroatoms. The molecule has 24 heavy (non-hydrogen) atoms. The smallest absolute Gasteiger partial charge is 0.146 e. The van der Waals surface area contributed by atoms with Gasteiger partial charge in [0.2, 0.25) is 0 Å². The third-order valence-electron chi connectivity index (χ3n) is 4.23. The maximum Gasteiger partial charge on any atom is 0.146 e. The van der Waals surface area contributed by atoms with Crippen LogP contribution in [0, 0.1) is 6.92 Å². The maximum atomic E-state index is 5.24. The quantitative estimate of drug-likeness (QED) is 0.615. The molecule has 4 rings (SSSR count). The van der Waals surface area contributed by atoms with Crippen LogP contribution in [0.3, 0.4) is 0 Å². The zero-order valence-corrected chi connectivity index (χ0v) is 13.9. The van der Waals surface area contributed by atoms with E-state index in [-0.39, 0.29) is 0 Å². The molecule has 0 atom stereocenters. The van der Waals surface area contributed by atoms with Crippen molar-refractivity contribution < 1.29 is 4.74 Å². The molecule has 5 nitrogen and oxygen atoms in total. The van der Waals surface area contributed by atoms with Gasteiger partial charge in [-0.15, -0.1) is 0 Å². The third kappa shape index (κ3) is 2.25. The summed E-state index contributed by atoms with van der Waals surface area (Å²) in [4.78, 5) is 14.7. The van der Waals surface area contributed by atoms with Gasteiger partial charge in [0.05, 0.1) is 12.5 Å². The fourth-order valence-corrected chi connectivity index (χ4v) is 3.00. The molecule has 2 aromatic heterocycles. The highest BCUT2D eigenvalue weighted by Gasteiger charge is 2.16. The van der Waals surface area contributed by atoms with E-state index in [4.69, 9.17) is 9.72 Å². The number of nitrogens with one attached hydrogen (secondary N) is 1. The Morgan fingerprint density at radius 2 is 1.75 bits per heavy atom. The number of aromatic nitrogens is 3. The largest absolute Gasteiger partial charge is 0.497 e. The summed E-state index contributed by atoms with van der Waals surface area (Å²) >= 11 is 0. The summed E-state index contributed by atoms with van der Waals surface area (Å²) in [6, 6.07) is 16.2. The number of para-hydroxylation sites is 1. The van der Waals surface area contributed by atoms with Gasteiger partial charge in [0.25, 0.3) is 0 Å². The third-order valence-corrected chi connectivity index (χ3v) is 4.23. The molecule has 0 saturated heterocycles. The lowest BCUT2D eigenvalue weighted by molar-refractivity contribution is 0.415. The Morgan fingerprint density at radius 1 is 1.00 bits per heavy atom. The highest BCUT2D eigenvalue weighted by atomic mass is 16.5. The van der Waals surface area contributed by atoms with E-state index in [9.17, 15) is 0 Å². The van der Waals surface area contributed by atoms with Crippen molar-refractivity contribution in [2.45, 2.75) is 6.92 Å². The van der Waals surface area contributed by atoms with E-state index >= 15 is 0 Å². The summed E-state index contributed by atoms with van der Waals surface area (Å²) in [7, 11) is 3.69. The molecule has 1 N–H and O–H groups in total. The molecule has 0 radical (unpaired) electrons. The van der Waals surface area contributed by atoms with Crippen molar-refractivity contribution in [3.63, 3.8) is 0 Å². The number of aromatic amines is 1. The molecule has 2 heterocycles. The monoisotopic (exact) mass is 318 g/mol. The predicted octanol–water partition coefficient (Wildman–Crippen LogP) is 4.20. The molecular formula is C19H18N4O. The van der Waals surface area contributed by atoms with Gasteiger partial charge in [0.15, 0.2) is 0 Å². The highest BCUT2D eigenvalue weighted by Crippen LogP contribution is 2.34. The number of methoxy groups -OCH3 is 1. The van der Waals surface area contributed by atoms with Crippen LogP contribution in [0.2, 0.25) is 0 Å². The lowest BCUT2D eigenvalue weighted by atomic mass is 10.2. The SMILES string of the molecule is COc1ccc(N(C)c2nc(C)nc3[nH]c4ccccc4c23)cc1. The minimum absolute atomic E-state index is 0.740. The van der Waals surface area contributed by atoms with Crippen molar-refractivity contribution in [2.75, 3.05) is 19.1 Å². The number of fused-ring (bicyclic) bond motifs is 3. The Morgan fingerprint density at radius 3 is 2.50 bits per heavy atom. The molecular weight excluding hydrogens is 300 g/mol. The minimum atomic E-state index is 0.740. The lowest BCUT2D eigenvalue weighted by Crippen LogP contribution is -2.12. The first-order chi connectivity index (χ1) is 11.7. The van der Waals surface area contributed by atoms with E-state index in [1.54, 1.807) is 7.11 Å². The summed E-state index contributed by atoms with van der Waals surface area (Å²) in [5.74, 6) is 2.47. The van der Waals surface area contributed by atoms with Crippen molar-refractivity contribution in [1.82, 2.24) is 15.0 Å². The maximum absolute atomic E-state index is 5.24. The first-order valence-corrected chi connectivity index (χ1v) is 7.80. The number of benzene rings is 2. The topological polar surface area (TPSA) is 54.0 Å². The van der Waals surface area contributed by atoms with Crippen molar-refractivity contribution in [3.05, 3.63) is 54.4 Å². The Balaban J connectivity index is 1.93. The van der Waals surface area contributed by atoms with E-state index in [1.165, 1.54) is 0 Å². The Bertz CT molecular complexity index is 1020. The van der Waals surface area contributed by atoms with Crippen LogP contribution in [-0.2, 0) is 0 Å². The number of ether oxygens (including phenoxy) is 1. The fraction of sp³-hybridized carbons (Fsp3) is 0.158. The molecule has 2 aromatic carbocycles. The van der Waals surface area contributed by atoms with Crippen LogP contribution < -0.4 is 9.64 Å². The van der Waals surface area contributed by atoms with Crippen LogP contribution in [0.4, 0.5) is 11.5 Å². The highest BCUT2D eigenvalue weighted by molar-refractivity contribution is 6.11. The van der Waals surface area contributed by atoms with Crippen LogP contribution in [-0.4, -0.2) is 29.1 Å². The zero-order chi connectivity index (χ0) is 16.7. The van der Waals surface area contributed by atoms with E-state index in [0.29, 0.717) is 0 Å². The predicted molar refractivity (Wildman–Crippen MR) is 97.2 cm³/mol. The number of hydrogen-bond donors (Lipinski definition) is 1. The lowest BCUT2D eigenvalue weighted by Gasteiger charge is -2.20. The number of rotatable bonds is 3. The zero-order valence-electron chi connectivity index (χ0n) is 13.9. The van der Waals surface area contributed by atoms with E-state index < -0.39 is 0 Å². The molecule has 0 saturated carbocycles. The average molecular weight is 318 g/mol. The molecule has 0 aliphatic rings. The van der Waals surface area contributed by atoms with Gasteiger partial charge >= 0.3 is 0 Å². The van der Waals surface area contributed by atoms with Gasteiger partial charge in [-0.1, -0.05) is 18.2 Å². The van der Waals surface area contributed by atoms with Crippen molar-refractivity contribution >= 4 is 33.4 Å². The van der Waals surface area contributed by atoms with Gasteiger partial charge in [0, 0.05) is 23.6 Å². The van der Waals surface area contributed by atoms with Crippen LogP contribution in [0.1, 0.15) is 5.82 Å². The molecule has 0 spiro atoms. The fourth-order valence-electron chi connectivity index (χ4n) is 3.00. The van der Waals surface area contributed by atoms with Crippen LogP contribution in [0.25, 0.3) is 21.9 Å². The standard InChI is InChI=1S/C19H18N4O/c1-12-20-18-17(15-6-4-5-7-16(15)22-18)19(21-12)23(2)13-8-10-14(24-3)11-9-13/h4-11H,1-3H3,(H,20,21,22). The first-order valence-electron chi connectivity index (χ1n) is 7.80. The van der Waals surface area contributed by atoms with Gasteiger partial charge in [0.1, 0.15) is 23.0 Å². The second-order valence-electron chi connectivity index (χ2n) is 5.75. The Labute approximate surface area is 139 Å². The summed E-state index contributed by atoms with van der Waals surface area (Å²) in [5.41, 5.74) is 2.97. The van der Waals surface area contributed by atoms with E-state index in [0.717, 1.165) is 45.0 Å². The van der Waals surface area contributed by atoms with E-state index in [1.807, 2.05) is 50.4 Å². The van der Waals surface area contributed by atoms with Crippen molar-refractivity contribution in [2.24, 2.45) is 0 Å².